The molecule has 0 aromatic heterocycles. The van der Waals surface area contributed by atoms with Crippen molar-refractivity contribution < 1.29 is 14.2 Å². The highest BCUT2D eigenvalue weighted by Crippen LogP contribution is 2.14. The molecule has 1 atom stereocenters. The van der Waals surface area contributed by atoms with E-state index in [1.165, 1.54) is 12.8 Å². The van der Waals surface area contributed by atoms with Crippen LogP contribution in [-0.2, 0) is 14.2 Å². The SMILES string of the molecule is CCOC(CN(C)CC1CCCOC1)OCC. The number of ether oxygens (including phenoxy) is 3. The molecule has 1 aliphatic heterocycles. The van der Waals surface area contributed by atoms with Gasteiger partial charge in [-0.05, 0) is 39.7 Å². The first kappa shape index (κ1) is 14.9. The summed E-state index contributed by atoms with van der Waals surface area (Å²) in [6.07, 6.45) is 2.37. The number of hydrogen-bond donors (Lipinski definition) is 0. The van der Waals surface area contributed by atoms with Crippen molar-refractivity contribution in [3.8, 4) is 0 Å². The average Bonchev–Trinajstić information content (AvgIpc) is 2.30. The van der Waals surface area contributed by atoms with Crippen molar-refractivity contribution in [2.75, 3.05) is 46.6 Å². The molecule has 1 rings (SSSR count). The lowest BCUT2D eigenvalue weighted by Crippen LogP contribution is -2.37. The van der Waals surface area contributed by atoms with Crippen molar-refractivity contribution in [3.63, 3.8) is 0 Å². The smallest absolute Gasteiger partial charge is 0.170 e. The van der Waals surface area contributed by atoms with Crippen molar-refractivity contribution in [1.29, 1.82) is 0 Å². The molecule has 1 unspecified atom stereocenters. The van der Waals surface area contributed by atoms with E-state index in [4.69, 9.17) is 14.2 Å². The molecule has 1 aliphatic rings. The van der Waals surface area contributed by atoms with E-state index in [-0.39, 0.29) is 6.29 Å². The summed E-state index contributed by atoms with van der Waals surface area (Å²) in [6.45, 7) is 9.13. The van der Waals surface area contributed by atoms with Gasteiger partial charge in [-0.25, -0.2) is 0 Å². The fourth-order valence-corrected chi connectivity index (χ4v) is 2.25. The minimum absolute atomic E-state index is 0.0977. The second-order valence-corrected chi connectivity index (χ2v) is 4.64. The van der Waals surface area contributed by atoms with Crippen molar-refractivity contribution in [3.05, 3.63) is 0 Å². The lowest BCUT2D eigenvalue weighted by atomic mass is 10.0. The van der Waals surface area contributed by atoms with Gasteiger partial charge >= 0.3 is 0 Å². The molecule has 1 saturated heterocycles. The third kappa shape index (κ3) is 6.36. The zero-order chi connectivity index (χ0) is 12.5. The molecule has 0 aromatic carbocycles. The zero-order valence-electron chi connectivity index (χ0n) is 11.5. The average molecular weight is 245 g/mol. The molecule has 4 heteroatoms. The van der Waals surface area contributed by atoms with E-state index in [2.05, 4.69) is 11.9 Å². The molecule has 0 spiro atoms. The Balaban J connectivity index is 2.22. The Kier molecular flexibility index (Phi) is 7.77. The summed E-state index contributed by atoms with van der Waals surface area (Å²) in [6, 6.07) is 0. The van der Waals surface area contributed by atoms with Crippen LogP contribution in [0.1, 0.15) is 26.7 Å². The minimum atomic E-state index is -0.0977. The molecular weight excluding hydrogens is 218 g/mol. The summed E-state index contributed by atoms with van der Waals surface area (Å²) in [5.74, 6) is 0.664. The van der Waals surface area contributed by atoms with E-state index in [1.54, 1.807) is 0 Å². The molecule has 0 aliphatic carbocycles. The van der Waals surface area contributed by atoms with Crippen LogP contribution in [0.2, 0.25) is 0 Å². The fraction of sp³-hybridized carbons (Fsp3) is 1.00. The Morgan fingerprint density at radius 1 is 1.29 bits per heavy atom. The van der Waals surface area contributed by atoms with Crippen molar-refractivity contribution >= 4 is 0 Å². The maximum absolute atomic E-state index is 5.55. The molecule has 0 radical (unpaired) electrons. The van der Waals surface area contributed by atoms with Gasteiger partial charge in [-0.2, -0.15) is 0 Å². The van der Waals surface area contributed by atoms with Crippen LogP contribution in [0.3, 0.4) is 0 Å². The van der Waals surface area contributed by atoms with Gasteiger partial charge in [0.1, 0.15) is 0 Å². The van der Waals surface area contributed by atoms with Crippen molar-refractivity contribution in [2.24, 2.45) is 5.92 Å². The summed E-state index contributed by atoms with van der Waals surface area (Å²) in [4.78, 5) is 2.29. The van der Waals surface area contributed by atoms with Crippen LogP contribution in [0, 0.1) is 5.92 Å². The predicted octanol–water partition coefficient (Wildman–Crippen LogP) is 1.74. The van der Waals surface area contributed by atoms with E-state index in [0.717, 1.165) is 26.3 Å². The first-order chi connectivity index (χ1) is 8.26. The molecule has 1 fully saturated rings. The molecule has 0 amide bonds. The van der Waals surface area contributed by atoms with Gasteiger partial charge in [0.2, 0.25) is 0 Å². The molecule has 102 valence electrons. The number of nitrogens with zero attached hydrogens (tertiary/aromatic N) is 1. The van der Waals surface area contributed by atoms with Gasteiger partial charge in [-0.3, -0.25) is 0 Å². The lowest BCUT2D eigenvalue weighted by molar-refractivity contribution is -0.146. The van der Waals surface area contributed by atoms with E-state index in [0.29, 0.717) is 19.1 Å². The Labute approximate surface area is 105 Å². The topological polar surface area (TPSA) is 30.9 Å². The third-order valence-electron chi connectivity index (χ3n) is 2.99. The number of hydrogen-bond acceptors (Lipinski definition) is 4. The zero-order valence-corrected chi connectivity index (χ0v) is 11.5. The van der Waals surface area contributed by atoms with Gasteiger partial charge in [0.15, 0.2) is 6.29 Å². The summed E-state index contributed by atoms with van der Waals surface area (Å²) in [7, 11) is 2.12. The predicted molar refractivity (Wildman–Crippen MR) is 68.1 cm³/mol. The lowest BCUT2D eigenvalue weighted by Gasteiger charge is -2.29. The Bertz CT molecular complexity index is 178. The van der Waals surface area contributed by atoms with Gasteiger partial charge in [0.05, 0.1) is 6.61 Å². The highest BCUT2D eigenvalue weighted by atomic mass is 16.7. The first-order valence-electron chi connectivity index (χ1n) is 6.75. The van der Waals surface area contributed by atoms with Crippen LogP contribution in [0.4, 0.5) is 0 Å². The number of likely N-dealkylation sites (N-methyl/N-ethyl adjacent to an activating group) is 1. The quantitative estimate of drug-likeness (QED) is 0.610. The largest absolute Gasteiger partial charge is 0.381 e. The van der Waals surface area contributed by atoms with Gasteiger partial charge in [0, 0.05) is 32.9 Å². The van der Waals surface area contributed by atoms with Crippen molar-refractivity contribution in [2.45, 2.75) is 33.0 Å². The maximum Gasteiger partial charge on any atom is 0.170 e. The maximum atomic E-state index is 5.55. The summed E-state index contributed by atoms with van der Waals surface area (Å²) in [5, 5.41) is 0. The van der Waals surface area contributed by atoms with E-state index in [1.807, 2.05) is 13.8 Å². The normalized spacial score (nSPS) is 21.4. The van der Waals surface area contributed by atoms with E-state index >= 15 is 0 Å². The van der Waals surface area contributed by atoms with Crippen LogP contribution >= 0.6 is 0 Å². The van der Waals surface area contributed by atoms with Gasteiger partial charge in [0.25, 0.3) is 0 Å². The van der Waals surface area contributed by atoms with Gasteiger partial charge < -0.3 is 19.1 Å². The Morgan fingerprint density at radius 3 is 2.53 bits per heavy atom. The summed E-state index contributed by atoms with van der Waals surface area (Å²) >= 11 is 0. The van der Waals surface area contributed by atoms with Crippen LogP contribution in [0.15, 0.2) is 0 Å². The molecule has 0 N–H and O–H groups in total. The monoisotopic (exact) mass is 245 g/mol. The van der Waals surface area contributed by atoms with Crippen molar-refractivity contribution in [1.82, 2.24) is 4.90 Å². The second kappa shape index (κ2) is 8.86. The molecule has 0 saturated carbocycles. The highest BCUT2D eigenvalue weighted by Gasteiger charge is 2.18. The molecular formula is C13H27NO3. The van der Waals surface area contributed by atoms with Gasteiger partial charge in [-0.1, -0.05) is 0 Å². The molecule has 0 bridgehead atoms. The minimum Gasteiger partial charge on any atom is -0.381 e. The summed E-state index contributed by atoms with van der Waals surface area (Å²) in [5.41, 5.74) is 0. The molecule has 17 heavy (non-hydrogen) atoms. The molecule has 4 nitrogen and oxygen atoms in total. The van der Waals surface area contributed by atoms with E-state index < -0.39 is 0 Å². The fourth-order valence-electron chi connectivity index (χ4n) is 2.25. The van der Waals surface area contributed by atoms with Crippen LogP contribution in [0.25, 0.3) is 0 Å². The van der Waals surface area contributed by atoms with E-state index in [9.17, 15) is 0 Å². The Morgan fingerprint density at radius 2 is 2.00 bits per heavy atom. The van der Waals surface area contributed by atoms with Crippen LogP contribution in [0.5, 0.6) is 0 Å². The van der Waals surface area contributed by atoms with Crippen LogP contribution in [-0.4, -0.2) is 57.8 Å². The summed E-state index contributed by atoms with van der Waals surface area (Å²) < 4.78 is 16.6. The first-order valence-corrected chi connectivity index (χ1v) is 6.75. The molecule has 0 aromatic rings. The van der Waals surface area contributed by atoms with Gasteiger partial charge in [-0.15, -0.1) is 0 Å². The Hall–Kier alpha value is -0.160. The highest BCUT2D eigenvalue weighted by molar-refractivity contribution is 4.67. The second-order valence-electron chi connectivity index (χ2n) is 4.64. The van der Waals surface area contributed by atoms with Crippen LogP contribution < -0.4 is 0 Å². The third-order valence-corrected chi connectivity index (χ3v) is 2.99. The number of rotatable bonds is 8. The standard InChI is InChI=1S/C13H27NO3/c1-4-16-13(17-5-2)10-14(3)9-12-7-6-8-15-11-12/h12-13H,4-11H2,1-3H3. The molecule has 1 heterocycles.